The molecule has 1 atom stereocenters. The largest absolute Gasteiger partial charge is 0.494 e. The highest BCUT2D eigenvalue weighted by Crippen LogP contribution is 2.33. The van der Waals surface area contributed by atoms with Gasteiger partial charge in [0.25, 0.3) is 5.91 Å². The van der Waals surface area contributed by atoms with Gasteiger partial charge in [0, 0.05) is 18.8 Å². The molecule has 1 aromatic rings. The lowest BCUT2D eigenvalue weighted by Gasteiger charge is -2.20. The molecular formula is C15H18N2O2. The number of hydrogen-bond donors (Lipinski definition) is 0. The van der Waals surface area contributed by atoms with Gasteiger partial charge in [-0.25, -0.2) is 0 Å². The van der Waals surface area contributed by atoms with Crippen LogP contribution in [0.3, 0.4) is 0 Å². The van der Waals surface area contributed by atoms with Gasteiger partial charge in [-0.15, -0.1) is 0 Å². The highest BCUT2D eigenvalue weighted by atomic mass is 16.5. The van der Waals surface area contributed by atoms with Crippen molar-refractivity contribution in [3.8, 4) is 5.75 Å². The summed E-state index contributed by atoms with van der Waals surface area (Å²) in [5.74, 6) is 0.911. The Kier molecular flexibility index (Phi) is 3.01. The van der Waals surface area contributed by atoms with E-state index in [1.165, 1.54) is 0 Å². The molecule has 1 amide bonds. The Morgan fingerprint density at radius 1 is 1.47 bits per heavy atom. The number of ether oxygens (including phenoxy) is 1. The van der Waals surface area contributed by atoms with E-state index in [0.717, 1.165) is 36.4 Å². The minimum atomic E-state index is 0.0983. The molecule has 0 spiro atoms. The third-order valence-electron chi connectivity index (χ3n) is 3.77. The molecule has 0 radical (unpaired) electrons. The van der Waals surface area contributed by atoms with Gasteiger partial charge in [-0.3, -0.25) is 9.79 Å². The molecule has 0 saturated carbocycles. The molecule has 100 valence electrons. The smallest absolute Gasteiger partial charge is 0.256 e. The number of carbonyl (C=O) groups excluding carboxylic acids is 1. The summed E-state index contributed by atoms with van der Waals surface area (Å²) >= 11 is 0. The average Bonchev–Trinajstić information content (AvgIpc) is 2.82. The third kappa shape index (κ3) is 2.01. The van der Waals surface area contributed by atoms with Crippen LogP contribution in [0.4, 0.5) is 5.69 Å². The van der Waals surface area contributed by atoms with Crippen LogP contribution in [0, 0.1) is 6.92 Å². The first-order valence-corrected chi connectivity index (χ1v) is 6.83. The number of benzene rings is 1. The fourth-order valence-corrected chi connectivity index (χ4v) is 2.79. The first-order chi connectivity index (χ1) is 9.20. The highest BCUT2D eigenvalue weighted by Gasteiger charge is 2.31. The van der Waals surface area contributed by atoms with E-state index in [2.05, 4.69) is 4.99 Å². The molecule has 19 heavy (non-hydrogen) atoms. The molecule has 1 saturated heterocycles. The summed E-state index contributed by atoms with van der Waals surface area (Å²) < 4.78 is 5.57. The van der Waals surface area contributed by atoms with Crippen LogP contribution < -0.4 is 4.74 Å². The molecule has 3 rings (SSSR count). The van der Waals surface area contributed by atoms with Gasteiger partial charge in [0.15, 0.2) is 0 Å². The number of aryl methyl sites for hydroxylation is 1. The predicted molar refractivity (Wildman–Crippen MR) is 74.6 cm³/mol. The summed E-state index contributed by atoms with van der Waals surface area (Å²) in [7, 11) is 0. The van der Waals surface area contributed by atoms with E-state index in [1.54, 1.807) is 0 Å². The number of carbonyl (C=O) groups is 1. The van der Waals surface area contributed by atoms with Crippen LogP contribution in [0.15, 0.2) is 17.1 Å². The van der Waals surface area contributed by atoms with Crippen molar-refractivity contribution in [2.45, 2.75) is 32.7 Å². The van der Waals surface area contributed by atoms with Gasteiger partial charge in [-0.2, -0.15) is 0 Å². The van der Waals surface area contributed by atoms with Gasteiger partial charge in [-0.05, 0) is 38.3 Å². The summed E-state index contributed by atoms with van der Waals surface area (Å²) in [6.45, 7) is 5.37. The summed E-state index contributed by atoms with van der Waals surface area (Å²) in [6, 6.07) is 3.95. The van der Waals surface area contributed by atoms with Crippen LogP contribution in [-0.4, -0.2) is 36.2 Å². The van der Waals surface area contributed by atoms with Crippen molar-refractivity contribution in [3.05, 3.63) is 23.3 Å². The second-order valence-electron chi connectivity index (χ2n) is 5.05. The number of amides is 1. The zero-order valence-corrected chi connectivity index (χ0v) is 11.3. The van der Waals surface area contributed by atoms with Crippen molar-refractivity contribution in [1.82, 2.24) is 4.90 Å². The Labute approximate surface area is 113 Å². The SMILES string of the molecule is CCOc1cc2c(cc1C)C(=O)N1CCC[C@H]1C=N2. The van der Waals surface area contributed by atoms with Crippen molar-refractivity contribution in [1.29, 1.82) is 0 Å². The molecule has 4 nitrogen and oxygen atoms in total. The van der Waals surface area contributed by atoms with Crippen LogP contribution in [0.25, 0.3) is 0 Å². The van der Waals surface area contributed by atoms with E-state index in [0.29, 0.717) is 12.2 Å². The molecule has 0 N–H and O–H groups in total. The lowest BCUT2D eigenvalue weighted by molar-refractivity contribution is 0.0775. The van der Waals surface area contributed by atoms with Gasteiger partial charge in [0.05, 0.1) is 23.9 Å². The van der Waals surface area contributed by atoms with Crippen LogP contribution in [0.1, 0.15) is 35.7 Å². The molecule has 0 unspecified atom stereocenters. The molecule has 2 aliphatic heterocycles. The van der Waals surface area contributed by atoms with Crippen LogP contribution >= 0.6 is 0 Å². The Bertz CT molecular complexity index is 551. The van der Waals surface area contributed by atoms with Gasteiger partial charge in [0.2, 0.25) is 0 Å². The molecule has 0 aliphatic carbocycles. The fraction of sp³-hybridized carbons (Fsp3) is 0.467. The Hall–Kier alpha value is -1.84. The minimum absolute atomic E-state index is 0.0983. The third-order valence-corrected chi connectivity index (χ3v) is 3.77. The quantitative estimate of drug-likeness (QED) is 0.818. The van der Waals surface area contributed by atoms with Gasteiger partial charge >= 0.3 is 0 Å². The van der Waals surface area contributed by atoms with E-state index >= 15 is 0 Å². The lowest BCUT2D eigenvalue weighted by Crippen LogP contribution is -2.35. The second kappa shape index (κ2) is 4.68. The lowest BCUT2D eigenvalue weighted by atomic mass is 10.1. The van der Waals surface area contributed by atoms with Crippen LogP contribution in [0.2, 0.25) is 0 Å². The maximum absolute atomic E-state index is 12.5. The van der Waals surface area contributed by atoms with Crippen LogP contribution in [-0.2, 0) is 0 Å². The zero-order valence-electron chi connectivity index (χ0n) is 11.3. The molecule has 2 heterocycles. The van der Waals surface area contributed by atoms with E-state index in [1.807, 2.05) is 37.1 Å². The molecular weight excluding hydrogens is 240 g/mol. The summed E-state index contributed by atoms with van der Waals surface area (Å²) in [5, 5.41) is 0. The molecule has 2 aliphatic rings. The number of aliphatic imine (C=N–C) groups is 1. The molecule has 0 bridgehead atoms. The molecule has 1 fully saturated rings. The number of fused-ring (bicyclic) bond motifs is 2. The van der Waals surface area contributed by atoms with E-state index in [-0.39, 0.29) is 11.9 Å². The van der Waals surface area contributed by atoms with E-state index < -0.39 is 0 Å². The van der Waals surface area contributed by atoms with Gasteiger partial charge in [0.1, 0.15) is 5.75 Å². The summed E-state index contributed by atoms with van der Waals surface area (Å²) in [6.07, 6.45) is 3.98. The standard InChI is InChI=1S/C15H18N2O2/c1-3-19-14-8-13-12(7-10(14)2)15(18)17-6-4-5-11(17)9-16-13/h7-9,11H,3-6H2,1-2H3/t11-/m0/s1. The van der Waals surface area contributed by atoms with Crippen LogP contribution in [0.5, 0.6) is 5.75 Å². The zero-order chi connectivity index (χ0) is 13.4. The Morgan fingerprint density at radius 2 is 2.32 bits per heavy atom. The number of hydrogen-bond acceptors (Lipinski definition) is 3. The fourth-order valence-electron chi connectivity index (χ4n) is 2.79. The second-order valence-corrected chi connectivity index (χ2v) is 5.05. The maximum atomic E-state index is 12.5. The van der Waals surface area contributed by atoms with Crippen molar-refractivity contribution < 1.29 is 9.53 Å². The monoisotopic (exact) mass is 258 g/mol. The average molecular weight is 258 g/mol. The first kappa shape index (κ1) is 12.2. The maximum Gasteiger partial charge on any atom is 0.256 e. The molecule has 1 aromatic carbocycles. The molecule has 4 heteroatoms. The summed E-state index contributed by atoms with van der Waals surface area (Å²) in [5.41, 5.74) is 2.41. The Morgan fingerprint density at radius 3 is 3.11 bits per heavy atom. The van der Waals surface area contributed by atoms with Gasteiger partial charge < -0.3 is 9.64 Å². The first-order valence-electron chi connectivity index (χ1n) is 6.83. The topological polar surface area (TPSA) is 41.9 Å². The Balaban J connectivity index is 2.07. The minimum Gasteiger partial charge on any atom is -0.494 e. The normalized spacial score (nSPS) is 21.1. The van der Waals surface area contributed by atoms with E-state index in [4.69, 9.17) is 4.74 Å². The number of nitrogens with zero attached hydrogens (tertiary/aromatic N) is 2. The van der Waals surface area contributed by atoms with Crippen molar-refractivity contribution in [3.63, 3.8) is 0 Å². The molecule has 0 aromatic heterocycles. The summed E-state index contributed by atoms with van der Waals surface area (Å²) in [4.78, 5) is 19.0. The predicted octanol–water partition coefficient (Wildman–Crippen LogP) is 2.71. The van der Waals surface area contributed by atoms with Crippen molar-refractivity contribution >= 4 is 17.8 Å². The highest BCUT2D eigenvalue weighted by molar-refractivity contribution is 6.03. The number of rotatable bonds is 2. The van der Waals surface area contributed by atoms with Crippen molar-refractivity contribution in [2.75, 3.05) is 13.2 Å². The van der Waals surface area contributed by atoms with Crippen molar-refractivity contribution in [2.24, 2.45) is 4.99 Å². The van der Waals surface area contributed by atoms with Gasteiger partial charge in [-0.1, -0.05) is 0 Å². The van der Waals surface area contributed by atoms with E-state index in [9.17, 15) is 4.79 Å².